The molecule has 8 heteroatoms. The lowest BCUT2D eigenvalue weighted by Gasteiger charge is -2.19. The van der Waals surface area contributed by atoms with E-state index in [1.807, 2.05) is 38.1 Å². The highest BCUT2D eigenvalue weighted by atomic mass is 35.5. The number of nitrogens with zero attached hydrogens (tertiary/aromatic N) is 2. The van der Waals surface area contributed by atoms with Gasteiger partial charge in [-0.2, -0.15) is 5.10 Å². The highest BCUT2D eigenvalue weighted by Gasteiger charge is 2.35. The normalized spacial score (nSPS) is 15.3. The topological polar surface area (TPSA) is 81.3 Å². The molecule has 3 aromatic rings. The van der Waals surface area contributed by atoms with E-state index in [0.717, 1.165) is 16.7 Å². The molecule has 0 fully saturated rings. The van der Waals surface area contributed by atoms with Crippen LogP contribution in [0.2, 0.25) is 5.02 Å². The quantitative estimate of drug-likeness (QED) is 0.465. The molecule has 2 aromatic carbocycles. The Bertz CT molecular complexity index is 1170. The average Bonchev–Trinajstić information content (AvgIpc) is 3.49. The molecular formula is C25H23ClN2O5. The Morgan fingerprint density at radius 1 is 1.09 bits per heavy atom. The second-order valence-corrected chi connectivity index (χ2v) is 8.16. The highest BCUT2D eigenvalue weighted by Crippen LogP contribution is 2.33. The van der Waals surface area contributed by atoms with E-state index in [9.17, 15) is 9.59 Å². The molecule has 0 saturated heterocycles. The van der Waals surface area contributed by atoms with Gasteiger partial charge in [-0.1, -0.05) is 29.8 Å². The van der Waals surface area contributed by atoms with Crippen LogP contribution in [0.25, 0.3) is 0 Å². The first-order valence-electron chi connectivity index (χ1n) is 10.5. The van der Waals surface area contributed by atoms with Crippen LogP contribution >= 0.6 is 11.6 Å². The van der Waals surface area contributed by atoms with Crippen LogP contribution in [0.5, 0.6) is 5.75 Å². The van der Waals surface area contributed by atoms with E-state index >= 15 is 0 Å². The van der Waals surface area contributed by atoms with Crippen molar-refractivity contribution in [1.82, 2.24) is 5.01 Å². The molecule has 0 saturated carbocycles. The summed E-state index contributed by atoms with van der Waals surface area (Å²) in [7, 11) is 0. The van der Waals surface area contributed by atoms with E-state index in [4.69, 9.17) is 25.5 Å². The van der Waals surface area contributed by atoms with Crippen molar-refractivity contribution < 1.29 is 23.5 Å². The molecule has 0 N–H and O–H groups in total. The second-order valence-electron chi connectivity index (χ2n) is 7.72. The number of benzene rings is 2. The summed E-state index contributed by atoms with van der Waals surface area (Å²) in [4.78, 5) is 25.0. The van der Waals surface area contributed by atoms with Gasteiger partial charge in [-0.15, -0.1) is 0 Å². The number of furan rings is 1. The largest absolute Gasteiger partial charge is 0.482 e. The van der Waals surface area contributed by atoms with Crippen molar-refractivity contribution in [2.45, 2.75) is 26.3 Å². The number of amides is 1. The number of aryl methyl sites for hydroxylation is 2. The van der Waals surface area contributed by atoms with Crippen LogP contribution in [0.4, 0.5) is 0 Å². The zero-order chi connectivity index (χ0) is 23.4. The van der Waals surface area contributed by atoms with Gasteiger partial charge in [0.1, 0.15) is 17.6 Å². The van der Waals surface area contributed by atoms with Gasteiger partial charge in [-0.05, 0) is 66.9 Å². The molecule has 33 heavy (non-hydrogen) atoms. The Kier molecular flexibility index (Phi) is 6.79. The fraction of sp³-hybridized carbons (Fsp3) is 0.240. The van der Waals surface area contributed by atoms with Crippen LogP contribution in [0.3, 0.4) is 0 Å². The average molecular weight is 467 g/mol. The fourth-order valence-corrected chi connectivity index (χ4v) is 3.58. The maximum Gasteiger partial charge on any atom is 0.344 e. The van der Waals surface area contributed by atoms with Gasteiger partial charge in [0, 0.05) is 11.4 Å². The first-order chi connectivity index (χ1) is 15.9. The molecule has 0 radical (unpaired) electrons. The molecule has 7 nitrogen and oxygen atoms in total. The molecule has 1 aliphatic heterocycles. The van der Waals surface area contributed by atoms with Crippen molar-refractivity contribution in [3.05, 3.63) is 88.3 Å². The third-order valence-corrected chi connectivity index (χ3v) is 5.66. The molecule has 0 aliphatic carbocycles. The molecule has 1 aromatic heterocycles. The predicted molar refractivity (Wildman–Crippen MR) is 123 cm³/mol. The Morgan fingerprint density at radius 2 is 1.88 bits per heavy atom. The summed E-state index contributed by atoms with van der Waals surface area (Å²) in [5.74, 6) is 0.0635. The lowest BCUT2D eigenvalue weighted by molar-refractivity contribution is -0.154. The van der Waals surface area contributed by atoms with Crippen LogP contribution in [0, 0.1) is 13.8 Å². The monoisotopic (exact) mass is 466 g/mol. The second kappa shape index (κ2) is 9.92. The van der Waals surface area contributed by atoms with Crippen LogP contribution in [-0.2, 0) is 14.3 Å². The highest BCUT2D eigenvalue weighted by molar-refractivity contribution is 6.30. The van der Waals surface area contributed by atoms with E-state index in [-0.39, 0.29) is 6.61 Å². The van der Waals surface area contributed by atoms with Gasteiger partial charge in [-0.3, -0.25) is 4.79 Å². The number of ether oxygens (including phenoxy) is 2. The summed E-state index contributed by atoms with van der Waals surface area (Å²) < 4.78 is 16.1. The minimum absolute atomic E-state index is 0.295. The van der Waals surface area contributed by atoms with E-state index in [2.05, 4.69) is 5.10 Å². The van der Waals surface area contributed by atoms with Crippen LogP contribution in [0.15, 0.2) is 70.4 Å². The Hall–Kier alpha value is -3.58. The summed E-state index contributed by atoms with van der Waals surface area (Å²) in [5.41, 5.74) is 3.75. The Labute approximate surface area is 196 Å². The molecule has 1 unspecified atom stereocenters. The van der Waals surface area contributed by atoms with Gasteiger partial charge in [0.15, 0.2) is 13.2 Å². The Balaban J connectivity index is 1.39. The van der Waals surface area contributed by atoms with E-state index in [0.29, 0.717) is 28.7 Å². The maximum atomic E-state index is 12.9. The van der Waals surface area contributed by atoms with Crippen molar-refractivity contribution in [3.8, 4) is 5.75 Å². The third-order valence-electron chi connectivity index (χ3n) is 5.41. The van der Waals surface area contributed by atoms with Gasteiger partial charge in [0.05, 0.1) is 12.0 Å². The SMILES string of the molecule is Cc1ccc(OCC(=O)OCC(=O)N2N=C(c3ccc(Cl)cc3)CC2c2ccco2)cc1C. The molecule has 1 atom stereocenters. The summed E-state index contributed by atoms with van der Waals surface area (Å²) in [5, 5.41) is 6.41. The van der Waals surface area contributed by atoms with Gasteiger partial charge >= 0.3 is 5.97 Å². The van der Waals surface area contributed by atoms with Crippen molar-refractivity contribution in [1.29, 1.82) is 0 Å². The van der Waals surface area contributed by atoms with Gasteiger partial charge in [-0.25, -0.2) is 9.80 Å². The molecular weight excluding hydrogens is 444 g/mol. The summed E-state index contributed by atoms with van der Waals surface area (Å²) >= 11 is 5.98. The van der Waals surface area contributed by atoms with Gasteiger partial charge in [0.25, 0.3) is 5.91 Å². The van der Waals surface area contributed by atoms with Gasteiger partial charge in [0.2, 0.25) is 0 Å². The first kappa shape index (κ1) is 22.6. The number of rotatable bonds is 7. The maximum absolute atomic E-state index is 12.9. The molecule has 0 bridgehead atoms. The summed E-state index contributed by atoms with van der Waals surface area (Å²) in [6, 6.07) is 15.9. The number of carbonyl (C=O) groups excluding carboxylic acids is 2. The number of hydrazone groups is 1. The van der Waals surface area contributed by atoms with E-state index < -0.39 is 24.5 Å². The third kappa shape index (κ3) is 5.43. The Morgan fingerprint density at radius 3 is 2.58 bits per heavy atom. The molecule has 1 aliphatic rings. The minimum Gasteiger partial charge on any atom is -0.482 e. The molecule has 170 valence electrons. The lowest BCUT2D eigenvalue weighted by atomic mass is 10.0. The number of hydrogen-bond acceptors (Lipinski definition) is 6. The fourth-order valence-electron chi connectivity index (χ4n) is 3.46. The zero-order valence-electron chi connectivity index (χ0n) is 18.3. The predicted octanol–water partition coefficient (Wildman–Crippen LogP) is 4.85. The summed E-state index contributed by atoms with van der Waals surface area (Å²) in [6.45, 7) is 3.21. The molecule has 0 spiro atoms. The zero-order valence-corrected chi connectivity index (χ0v) is 19.0. The summed E-state index contributed by atoms with van der Waals surface area (Å²) in [6.07, 6.45) is 2.01. The molecule has 4 rings (SSSR count). The van der Waals surface area contributed by atoms with E-state index in [1.165, 1.54) is 5.01 Å². The van der Waals surface area contributed by atoms with E-state index in [1.54, 1.807) is 36.6 Å². The van der Waals surface area contributed by atoms with Crippen LogP contribution < -0.4 is 4.74 Å². The minimum atomic E-state index is -0.641. The number of hydrogen-bond donors (Lipinski definition) is 0. The first-order valence-corrected chi connectivity index (χ1v) is 10.8. The van der Waals surface area contributed by atoms with Crippen molar-refractivity contribution in [2.24, 2.45) is 5.10 Å². The number of carbonyl (C=O) groups is 2. The smallest absolute Gasteiger partial charge is 0.344 e. The number of halogens is 1. The van der Waals surface area contributed by atoms with Crippen molar-refractivity contribution in [3.63, 3.8) is 0 Å². The lowest BCUT2D eigenvalue weighted by Crippen LogP contribution is -2.32. The van der Waals surface area contributed by atoms with Gasteiger partial charge < -0.3 is 13.9 Å². The van der Waals surface area contributed by atoms with Crippen LogP contribution in [-0.4, -0.2) is 35.8 Å². The van der Waals surface area contributed by atoms with Crippen molar-refractivity contribution >= 4 is 29.2 Å². The number of esters is 1. The van der Waals surface area contributed by atoms with Crippen molar-refractivity contribution in [2.75, 3.05) is 13.2 Å². The standard InChI is InChI=1S/C25H23ClN2O5/c1-16-5-10-20(12-17(16)2)32-15-25(30)33-14-24(29)28-22(23-4-3-11-31-23)13-21(27-28)18-6-8-19(26)9-7-18/h3-12,22H,13-15H2,1-2H3. The molecule has 1 amide bonds. The van der Waals surface area contributed by atoms with Crippen LogP contribution in [0.1, 0.15) is 34.9 Å². The molecule has 2 heterocycles.